The quantitative estimate of drug-likeness (QED) is 0.736. The second kappa shape index (κ2) is 6.34. The van der Waals surface area contributed by atoms with Gasteiger partial charge in [-0.3, -0.25) is 4.90 Å². The highest BCUT2D eigenvalue weighted by molar-refractivity contribution is 5.65. The van der Waals surface area contributed by atoms with Gasteiger partial charge in [0.15, 0.2) is 0 Å². The summed E-state index contributed by atoms with van der Waals surface area (Å²) in [6.07, 6.45) is 6.44. The zero-order chi connectivity index (χ0) is 17.4. The highest BCUT2D eigenvalue weighted by atomic mass is 15.4. The monoisotopic (exact) mass is 334 g/mol. The second-order valence-corrected chi connectivity index (χ2v) is 6.79. The average molecular weight is 334 g/mol. The first-order valence-electron chi connectivity index (χ1n) is 8.76. The van der Waals surface area contributed by atoms with Crippen LogP contribution in [0.1, 0.15) is 35.6 Å². The Bertz CT molecular complexity index is 945. The molecule has 6 nitrogen and oxygen atoms in total. The highest BCUT2D eigenvalue weighted by Crippen LogP contribution is 2.25. The molecule has 0 spiro atoms. The van der Waals surface area contributed by atoms with E-state index in [0.29, 0.717) is 6.04 Å². The molecule has 6 heteroatoms. The molecule has 128 valence electrons. The summed E-state index contributed by atoms with van der Waals surface area (Å²) in [6, 6.07) is 8.81. The molecule has 1 aliphatic heterocycles. The van der Waals surface area contributed by atoms with Crippen molar-refractivity contribution in [2.45, 2.75) is 45.8 Å². The number of aryl methyl sites for hydroxylation is 2. The van der Waals surface area contributed by atoms with Crippen molar-refractivity contribution in [3.05, 3.63) is 53.4 Å². The van der Waals surface area contributed by atoms with Crippen LogP contribution < -0.4 is 0 Å². The minimum atomic E-state index is 0.439. The zero-order valence-corrected chi connectivity index (χ0v) is 14.7. The molecule has 1 saturated heterocycles. The van der Waals surface area contributed by atoms with Gasteiger partial charge in [0, 0.05) is 30.5 Å². The van der Waals surface area contributed by atoms with Crippen molar-refractivity contribution in [1.29, 1.82) is 5.26 Å². The molecule has 0 amide bonds. The van der Waals surface area contributed by atoms with Gasteiger partial charge in [0.2, 0.25) is 0 Å². The lowest BCUT2D eigenvalue weighted by Crippen LogP contribution is -2.33. The Hall–Kier alpha value is -2.65. The summed E-state index contributed by atoms with van der Waals surface area (Å²) in [5.41, 5.74) is 2.88. The maximum Gasteiger partial charge on any atom is 0.147 e. The molecule has 0 aromatic carbocycles. The minimum absolute atomic E-state index is 0.439. The number of rotatable bonds is 4. The molecule has 4 heterocycles. The maximum atomic E-state index is 9.62. The smallest absolute Gasteiger partial charge is 0.147 e. The van der Waals surface area contributed by atoms with Gasteiger partial charge in [-0.15, -0.1) is 0 Å². The van der Waals surface area contributed by atoms with Gasteiger partial charge in [0.25, 0.3) is 0 Å². The molecule has 1 atom stereocenters. The first-order valence-corrected chi connectivity index (χ1v) is 8.76. The molecule has 0 aliphatic carbocycles. The van der Waals surface area contributed by atoms with E-state index in [1.165, 1.54) is 6.42 Å². The third-order valence-corrected chi connectivity index (χ3v) is 5.09. The lowest BCUT2D eigenvalue weighted by atomic mass is 10.1. The van der Waals surface area contributed by atoms with Crippen LogP contribution in [0.25, 0.3) is 5.52 Å². The number of nitriles is 1. The third-order valence-electron chi connectivity index (χ3n) is 5.09. The molecule has 3 aromatic heterocycles. The molecule has 4 rings (SSSR count). The van der Waals surface area contributed by atoms with Crippen LogP contribution in [-0.4, -0.2) is 36.7 Å². The van der Waals surface area contributed by atoms with Gasteiger partial charge < -0.3 is 4.40 Å². The van der Waals surface area contributed by atoms with Crippen LogP contribution in [0.3, 0.4) is 0 Å². The van der Waals surface area contributed by atoms with Crippen LogP contribution in [0, 0.1) is 25.2 Å². The molecular formula is C19H22N6. The number of hydrogen-bond acceptors (Lipinski definition) is 4. The lowest BCUT2D eigenvalue weighted by Gasteiger charge is -2.24. The predicted molar refractivity (Wildman–Crippen MR) is 95.0 cm³/mol. The van der Waals surface area contributed by atoms with Crippen LogP contribution >= 0.6 is 0 Å². The van der Waals surface area contributed by atoms with E-state index in [1.54, 1.807) is 0 Å². The summed E-state index contributed by atoms with van der Waals surface area (Å²) < 4.78 is 4.06. The number of likely N-dealkylation sites (tertiary alicyclic amines) is 1. The first-order chi connectivity index (χ1) is 12.2. The fraction of sp³-hybridized carbons (Fsp3) is 0.421. The summed E-state index contributed by atoms with van der Waals surface area (Å²) >= 11 is 0. The van der Waals surface area contributed by atoms with Crippen molar-refractivity contribution in [1.82, 2.24) is 24.1 Å². The Morgan fingerprint density at radius 3 is 2.96 bits per heavy atom. The first kappa shape index (κ1) is 15.9. The van der Waals surface area contributed by atoms with Crippen molar-refractivity contribution in [3.8, 4) is 6.07 Å². The van der Waals surface area contributed by atoms with E-state index in [4.69, 9.17) is 0 Å². The molecular weight excluding hydrogens is 312 g/mol. The van der Waals surface area contributed by atoms with Gasteiger partial charge in [-0.25, -0.2) is 9.67 Å². The van der Waals surface area contributed by atoms with E-state index in [-0.39, 0.29) is 0 Å². The summed E-state index contributed by atoms with van der Waals surface area (Å²) in [7, 11) is 0. The van der Waals surface area contributed by atoms with Crippen LogP contribution in [-0.2, 0) is 13.1 Å². The molecule has 1 fully saturated rings. The van der Waals surface area contributed by atoms with E-state index >= 15 is 0 Å². The van der Waals surface area contributed by atoms with Crippen molar-refractivity contribution >= 4 is 5.52 Å². The van der Waals surface area contributed by atoms with E-state index in [1.807, 2.05) is 47.3 Å². The SMILES string of the molecule is Cc1nc(C)n(C[C@@H]2CCCN2Cc2cn3ccccc3c2C#N)n1. The Kier molecular flexibility index (Phi) is 4.02. The van der Waals surface area contributed by atoms with Crippen LogP contribution in [0.4, 0.5) is 0 Å². The van der Waals surface area contributed by atoms with Gasteiger partial charge in [-0.1, -0.05) is 6.07 Å². The third kappa shape index (κ3) is 2.92. The number of hydrogen-bond donors (Lipinski definition) is 0. The molecule has 1 aliphatic rings. The number of fused-ring (bicyclic) bond motifs is 1. The number of pyridine rings is 1. The van der Waals surface area contributed by atoms with Gasteiger partial charge in [0.1, 0.15) is 17.7 Å². The summed E-state index contributed by atoms with van der Waals surface area (Å²) in [4.78, 5) is 6.88. The molecule has 25 heavy (non-hydrogen) atoms. The number of nitrogens with zero attached hydrogens (tertiary/aromatic N) is 6. The lowest BCUT2D eigenvalue weighted by molar-refractivity contribution is 0.218. The van der Waals surface area contributed by atoms with E-state index in [0.717, 1.165) is 54.3 Å². The van der Waals surface area contributed by atoms with Gasteiger partial charge >= 0.3 is 0 Å². The molecule has 0 radical (unpaired) electrons. The maximum absolute atomic E-state index is 9.62. The zero-order valence-electron chi connectivity index (χ0n) is 14.7. The largest absolute Gasteiger partial charge is 0.322 e. The summed E-state index contributed by atoms with van der Waals surface area (Å²) in [5, 5.41) is 14.1. The topological polar surface area (TPSA) is 62.2 Å². The Labute approximate surface area is 147 Å². The predicted octanol–water partition coefficient (Wildman–Crippen LogP) is 2.68. The number of aromatic nitrogens is 4. The Balaban J connectivity index is 1.57. The van der Waals surface area contributed by atoms with Crippen molar-refractivity contribution < 1.29 is 0 Å². The van der Waals surface area contributed by atoms with E-state index < -0.39 is 0 Å². The van der Waals surface area contributed by atoms with Gasteiger partial charge in [0.05, 0.1) is 17.6 Å². The molecule has 3 aromatic rings. The van der Waals surface area contributed by atoms with Crippen LogP contribution in [0.5, 0.6) is 0 Å². The van der Waals surface area contributed by atoms with E-state index in [9.17, 15) is 5.26 Å². The van der Waals surface area contributed by atoms with Gasteiger partial charge in [-0.2, -0.15) is 10.4 Å². The van der Waals surface area contributed by atoms with Crippen molar-refractivity contribution in [2.75, 3.05) is 6.54 Å². The van der Waals surface area contributed by atoms with E-state index in [2.05, 4.69) is 27.2 Å². The van der Waals surface area contributed by atoms with Crippen molar-refractivity contribution in [3.63, 3.8) is 0 Å². The summed E-state index contributed by atoms with van der Waals surface area (Å²) in [6.45, 7) is 6.67. The minimum Gasteiger partial charge on any atom is -0.322 e. The highest BCUT2D eigenvalue weighted by Gasteiger charge is 2.27. The molecule has 0 saturated carbocycles. The van der Waals surface area contributed by atoms with Crippen molar-refractivity contribution in [2.24, 2.45) is 0 Å². The molecule has 0 unspecified atom stereocenters. The fourth-order valence-corrected chi connectivity index (χ4v) is 3.89. The normalized spacial score (nSPS) is 18.0. The van der Waals surface area contributed by atoms with Crippen LogP contribution in [0.2, 0.25) is 0 Å². The molecule has 0 N–H and O–H groups in total. The Morgan fingerprint density at radius 1 is 1.32 bits per heavy atom. The standard InChI is InChI=1S/C19H22N6/c1-14-21-15(2)25(22-14)13-17-6-5-9-23(17)11-16-12-24-8-4-3-7-19(24)18(16)10-20/h3-4,7-8,12,17H,5-6,9,11,13H2,1-2H3/t17-/m0/s1. The van der Waals surface area contributed by atoms with Crippen LogP contribution in [0.15, 0.2) is 30.6 Å². The fourth-order valence-electron chi connectivity index (χ4n) is 3.89. The summed E-state index contributed by atoms with van der Waals surface area (Å²) in [5.74, 6) is 1.80. The van der Waals surface area contributed by atoms with Gasteiger partial charge in [-0.05, 0) is 45.4 Å². The second-order valence-electron chi connectivity index (χ2n) is 6.79. The molecule has 0 bridgehead atoms. The Morgan fingerprint density at radius 2 is 2.20 bits per heavy atom. The average Bonchev–Trinajstić information content (AvgIpc) is 3.26.